The van der Waals surface area contributed by atoms with Crippen LogP contribution in [0.4, 0.5) is 0 Å². The summed E-state index contributed by atoms with van der Waals surface area (Å²) >= 11 is 2.19. The first-order valence-electron chi connectivity index (χ1n) is 6.28. The van der Waals surface area contributed by atoms with Gasteiger partial charge in [0.05, 0.1) is 14.2 Å². The van der Waals surface area contributed by atoms with Crippen molar-refractivity contribution in [2.75, 3.05) is 20.8 Å². The molecular weight excluding hydrogens is 383 g/mol. The Morgan fingerprint density at radius 3 is 2.10 bits per heavy atom. The lowest BCUT2D eigenvalue weighted by Crippen LogP contribution is -2.12. The Labute approximate surface area is 137 Å². The fourth-order valence-corrected chi connectivity index (χ4v) is 2.18. The average molecular weight is 398 g/mol. The van der Waals surface area contributed by atoms with Gasteiger partial charge in [0.15, 0.2) is 23.9 Å². The summed E-state index contributed by atoms with van der Waals surface area (Å²) in [5, 5.41) is 0. The number of Topliss-reactive ketones (excluding diaryl/α,β-unsaturated/α-hetero) is 1. The molecule has 0 aromatic heterocycles. The molecule has 2 aromatic rings. The third kappa shape index (κ3) is 3.87. The van der Waals surface area contributed by atoms with E-state index in [0.717, 1.165) is 3.57 Å². The van der Waals surface area contributed by atoms with Gasteiger partial charge in [0.25, 0.3) is 0 Å². The van der Waals surface area contributed by atoms with Crippen LogP contribution in [-0.4, -0.2) is 26.6 Å². The lowest BCUT2D eigenvalue weighted by atomic mass is 10.1. The van der Waals surface area contributed by atoms with Gasteiger partial charge in [-0.15, -0.1) is 0 Å². The van der Waals surface area contributed by atoms with E-state index in [1.165, 1.54) is 0 Å². The molecule has 110 valence electrons. The molecule has 2 rings (SSSR count). The van der Waals surface area contributed by atoms with Crippen molar-refractivity contribution in [2.45, 2.75) is 0 Å². The Balaban J connectivity index is 2.12. The molecule has 5 heteroatoms. The van der Waals surface area contributed by atoms with E-state index in [9.17, 15) is 4.79 Å². The maximum atomic E-state index is 12.1. The zero-order valence-electron chi connectivity index (χ0n) is 11.8. The first-order valence-corrected chi connectivity index (χ1v) is 7.36. The van der Waals surface area contributed by atoms with Crippen molar-refractivity contribution in [1.29, 1.82) is 0 Å². The predicted molar refractivity (Wildman–Crippen MR) is 88.5 cm³/mol. The normalized spacial score (nSPS) is 10.0. The quantitative estimate of drug-likeness (QED) is 0.552. The monoisotopic (exact) mass is 398 g/mol. The van der Waals surface area contributed by atoms with Crippen LogP contribution in [-0.2, 0) is 0 Å². The van der Waals surface area contributed by atoms with E-state index in [4.69, 9.17) is 14.2 Å². The Kier molecular flexibility index (Phi) is 5.44. The summed E-state index contributed by atoms with van der Waals surface area (Å²) in [4.78, 5) is 12.1. The van der Waals surface area contributed by atoms with E-state index in [-0.39, 0.29) is 12.4 Å². The molecule has 0 aliphatic heterocycles. The Morgan fingerprint density at radius 1 is 1.00 bits per heavy atom. The number of hydrogen-bond acceptors (Lipinski definition) is 4. The third-order valence-corrected chi connectivity index (χ3v) is 3.62. The van der Waals surface area contributed by atoms with Gasteiger partial charge in [0, 0.05) is 9.13 Å². The first kappa shape index (κ1) is 15.6. The number of halogens is 1. The van der Waals surface area contributed by atoms with Crippen LogP contribution in [0.3, 0.4) is 0 Å². The van der Waals surface area contributed by atoms with Gasteiger partial charge < -0.3 is 14.2 Å². The summed E-state index contributed by atoms with van der Waals surface area (Å²) in [6.45, 7) is -0.0721. The molecule has 0 unspecified atom stereocenters. The molecule has 0 radical (unpaired) electrons. The lowest BCUT2D eigenvalue weighted by Gasteiger charge is -2.13. The molecule has 2 aromatic carbocycles. The van der Waals surface area contributed by atoms with Crippen molar-refractivity contribution in [3.8, 4) is 17.2 Å². The van der Waals surface area contributed by atoms with E-state index >= 15 is 0 Å². The summed E-state index contributed by atoms with van der Waals surface area (Å²) in [6.07, 6.45) is 0. The van der Waals surface area contributed by atoms with E-state index in [0.29, 0.717) is 22.8 Å². The van der Waals surface area contributed by atoms with Crippen LogP contribution in [0.2, 0.25) is 0 Å². The number of benzene rings is 2. The molecule has 0 atom stereocenters. The topological polar surface area (TPSA) is 44.8 Å². The molecule has 0 heterocycles. The fourth-order valence-electron chi connectivity index (χ4n) is 1.82. The van der Waals surface area contributed by atoms with Gasteiger partial charge in [-0.2, -0.15) is 0 Å². The highest BCUT2D eigenvalue weighted by atomic mass is 127. The molecular formula is C16H15IO4. The highest BCUT2D eigenvalue weighted by molar-refractivity contribution is 14.1. The van der Waals surface area contributed by atoms with Crippen molar-refractivity contribution in [1.82, 2.24) is 0 Å². The van der Waals surface area contributed by atoms with Gasteiger partial charge in [-0.1, -0.05) is 18.2 Å². The summed E-state index contributed by atoms with van der Waals surface area (Å²) in [7, 11) is 3.09. The van der Waals surface area contributed by atoms with E-state index in [1.54, 1.807) is 44.6 Å². The number of ketones is 1. The molecule has 0 aliphatic carbocycles. The third-order valence-electron chi connectivity index (χ3n) is 2.90. The van der Waals surface area contributed by atoms with Gasteiger partial charge in [0.1, 0.15) is 0 Å². The number of rotatable bonds is 6. The van der Waals surface area contributed by atoms with Crippen LogP contribution in [0.25, 0.3) is 0 Å². The molecule has 0 N–H and O–H groups in total. The van der Waals surface area contributed by atoms with Crippen molar-refractivity contribution in [3.05, 3.63) is 51.6 Å². The average Bonchev–Trinajstić information content (AvgIpc) is 2.52. The highest BCUT2D eigenvalue weighted by Gasteiger charge is 2.14. The minimum absolute atomic E-state index is 0.0721. The molecule has 21 heavy (non-hydrogen) atoms. The number of ether oxygens (including phenoxy) is 3. The maximum absolute atomic E-state index is 12.1. The van der Waals surface area contributed by atoms with Crippen LogP contribution in [0.1, 0.15) is 10.4 Å². The maximum Gasteiger partial charge on any atom is 0.203 e. The van der Waals surface area contributed by atoms with E-state index in [2.05, 4.69) is 22.6 Å². The number of methoxy groups -OCH3 is 2. The molecule has 0 fully saturated rings. The van der Waals surface area contributed by atoms with E-state index in [1.807, 2.05) is 12.1 Å². The summed E-state index contributed by atoms with van der Waals surface area (Å²) in [5.74, 6) is 1.40. The van der Waals surface area contributed by atoms with Crippen molar-refractivity contribution in [2.24, 2.45) is 0 Å². The molecule has 0 saturated heterocycles. The number of carbonyl (C=O) groups excluding carboxylic acids is 1. The SMILES string of the molecule is COc1cccc(OC)c1OCC(=O)c1ccc(I)cc1. The summed E-state index contributed by atoms with van der Waals surface area (Å²) < 4.78 is 17.1. The van der Waals surface area contributed by atoms with E-state index < -0.39 is 0 Å². The summed E-state index contributed by atoms with van der Waals surface area (Å²) in [6, 6.07) is 12.7. The minimum atomic E-state index is -0.0978. The second kappa shape index (κ2) is 7.31. The van der Waals surface area contributed by atoms with Crippen molar-refractivity contribution < 1.29 is 19.0 Å². The highest BCUT2D eigenvalue weighted by Crippen LogP contribution is 2.36. The fraction of sp³-hybridized carbons (Fsp3) is 0.188. The molecule has 0 saturated carbocycles. The second-order valence-corrected chi connectivity index (χ2v) is 5.46. The van der Waals surface area contributed by atoms with Crippen LogP contribution >= 0.6 is 22.6 Å². The largest absolute Gasteiger partial charge is 0.493 e. The smallest absolute Gasteiger partial charge is 0.203 e. The van der Waals surface area contributed by atoms with Crippen molar-refractivity contribution >= 4 is 28.4 Å². The molecule has 0 bridgehead atoms. The predicted octanol–water partition coefficient (Wildman–Crippen LogP) is 3.57. The number of carbonyl (C=O) groups is 1. The van der Waals surface area contributed by atoms with Gasteiger partial charge in [-0.25, -0.2) is 0 Å². The standard InChI is InChI=1S/C16H15IO4/c1-19-14-4-3-5-15(20-2)16(14)21-10-13(18)11-6-8-12(17)9-7-11/h3-9H,10H2,1-2H3. The zero-order valence-corrected chi connectivity index (χ0v) is 13.9. The van der Waals surface area contributed by atoms with Gasteiger partial charge >= 0.3 is 0 Å². The Morgan fingerprint density at radius 2 is 1.57 bits per heavy atom. The van der Waals surface area contributed by atoms with Crippen LogP contribution in [0, 0.1) is 3.57 Å². The number of hydrogen-bond donors (Lipinski definition) is 0. The zero-order chi connectivity index (χ0) is 15.2. The Hall–Kier alpha value is -1.76. The lowest BCUT2D eigenvalue weighted by molar-refractivity contribution is 0.0917. The second-order valence-electron chi connectivity index (χ2n) is 4.21. The van der Waals surface area contributed by atoms with Crippen LogP contribution in [0.5, 0.6) is 17.2 Å². The molecule has 4 nitrogen and oxygen atoms in total. The van der Waals surface area contributed by atoms with Gasteiger partial charge in [0.2, 0.25) is 5.75 Å². The summed E-state index contributed by atoms with van der Waals surface area (Å²) in [5.41, 5.74) is 0.615. The van der Waals surface area contributed by atoms with Crippen LogP contribution in [0.15, 0.2) is 42.5 Å². The van der Waals surface area contributed by atoms with Gasteiger partial charge in [-0.05, 0) is 46.9 Å². The Bertz CT molecular complexity index is 600. The minimum Gasteiger partial charge on any atom is -0.493 e. The van der Waals surface area contributed by atoms with Crippen molar-refractivity contribution in [3.63, 3.8) is 0 Å². The van der Waals surface area contributed by atoms with Gasteiger partial charge in [-0.3, -0.25) is 4.79 Å². The molecule has 0 aliphatic rings. The molecule has 0 amide bonds. The number of para-hydroxylation sites is 1. The first-order chi connectivity index (χ1) is 10.2. The molecule has 0 spiro atoms. The van der Waals surface area contributed by atoms with Crippen LogP contribution < -0.4 is 14.2 Å².